The van der Waals surface area contributed by atoms with Gasteiger partial charge in [0, 0.05) is 10.7 Å². The molecule has 0 N–H and O–H groups in total. The van der Waals surface area contributed by atoms with Crippen LogP contribution in [0.3, 0.4) is 0 Å². The van der Waals surface area contributed by atoms with Crippen LogP contribution in [0.25, 0.3) is 0 Å². The average Bonchev–Trinajstić information content (AvgIpc) is 2.40. The highest BCUT2D eigenvalue weighted by molar-refractivity contribution is 9.10. The molecule has 3 nitrogen and oxygen atoms in total. The maximum atomic E-state index is 13.0. The van der Waals surface area contributed by atoms with Crippen molar-refractivity contribution in [3.8, 4) is 5.75 Å². The number of hydrogen-bond acceptors (Lipinski definition) is 3. The molecule has 0 amide bonds. The normalized spacial score (nSPS) is 11.4. The Hall–Kier alpha value is -1.18. The van der Waals surface area contributed by atoms with E-state index in [4.69, 9.17) is 15.4 Å². The van der Waals surface area contributed by atoms with E-state index in [1.54, 1.807) is 0 Å². The van der Waals surface area contributed by atoms with Crippen LogP contribution in [0, 0.1) is 11.6 Å². The van der Waals surface area contributed by atoms with Crippen LogP contribution in [0.1, 0.15) is 5.56 Å². The highest BCUT2D eigenvalue weighted by atomic mass is 79.9. The van der Waals surface area contributed by atoms with Gasteiger partial charge in [-0.15, -0.1) is 0 Å². The van der Waals surface area contributed by atoms with Crippen molar-refractivity contribution in [1.82, 2.24) is 0 Å². The van der Waals surface area contributed by atoms with Crippen molar-refractivity contribution >= 4 is 35.7 Å². The van der Waals surface area contributed by atoms with Crippen LogP contribution in [-0.4, -0.2) is 8.42 Å². The minimum absolute atomic E-state index is 0.00275. The average molecular weight is 398 g/mol. The topological polar surface area (TPSA) is 43.4 Å². The number of benzene rings is 2. The molecule has 0 spiro atoms. The maximum Gasteiger partial charge on any atom is 0.261 e. The Morgan fingerprint density at radius 1 is 1.10 bits per heavy atom. The van der Waals surface area contributed by atoms with Crippen molar-refractivity contribution in [2.75, 3.05) is 0 Å². The van der Waals surface area contributed by atoms with Crippen LogP contribution in [0.15, 0.2) is 45.8 Å². The summed E-state index contributed by atoms with van der Waals surface area (Å²) in [6.07, 6.45) is 0. The number of halogens is 4. The van der Waals surface area contributed by atoms with Gasteiger partial charge in [-0.25, -0.2) is 17.2 Å². The Bertz CT molecular complexity index is 781. The summed E-state index contributed by atoms with van der Waals surface area (Å²) in [6, 6.07) is 7.42. The first-order valence-electron chi connectivity index (χ1n) is 5.58. The molecule has 0 atom stereocenters. The fourth-order valence-corrected chi connectivity index (χ4v) is 2.96. The van der Waals surface area contributed by atoms with Gasteiger partial charge in [0.05, 0.1) is 9.37 Å². The quantitative estimate of drug-likeness (QED) is 0.725. The molecule has 2 rings (SSSR count). The van der Waals surface area contributed by atoms with E-state index in [0.717, 1.165) is 12.1 Å². The Morgan fingerprint density at radius 3 is 2.38 bits per heavy atom. The lowest BCUT2D eigenvalue weighted by Gasteiger charge is -2.09. The van der Waals surface area contributed by atoms with E-state index in [1.807, 2.05) is 0 Å². The van der Waals surface area contributed by atoms with Gasteiger partial charge in [-0.3, -0.25) is 0 Å². The predicted octanol–water partition coefficient (Wildman–Crippen LogP) is 4.23. The second kappa shape index (κ2) is 6.29. The molecule has 2 aromatic carbocycles. The molecule has 0 aliphatic heterocycles. The molecule has 0 saturated carbocycles. The number of rotatable bonds is 4. The molecule has 21 heavy (non-hydrogen) atoms. The van der Waals surface area contributed by atoms with Crippen molar-refractivity contribution in [3.05, 3.63) is 58.1 Å². The molecular formula is C13H8BrClF2O3S. The molecule has 8 heteroatoms. The maximum absolute atomic E-state index is 13.0. The fourth-order valence-electron chi connectivity index (χ4n) is 1.54. The van der Waals surface area contributed by atoms with E-state index in [1.165, 1.54) is 24.3 Å². The van der Waals surface area contributed by atoms with Crippen molar-refractivity contribution in [2.45, 2.75) is 11.5 Å². The first kappa shape index (κ1) is 16.2. The lowest BCUT2D eigenvalue weighted by molar-refractivity contribution is 0.303. The van der Waals surface area contributed by atoms with E-state index in [0.29, 0.717) is 15.8 Å². The SMILES string of the molecule is O=S(=O)(Cl)c1ccc(OCc2ccc(F)c(F)c2)c(Br)c1. The van der Waals surface area contributed by atoms with Crippen molar-refractivity contribution < 1.29 is 21.9 Å². The Labute approximate surface area is 133 Å². The summed E-state index contributed by atoms with van der Waals surface area (Å²) < 4.78 is 54.0. The zero-order valence-electron chi connectivity index (χ0n) is 10.3. The third-order valence-corrected chi connectivity index (χ3v) is 4.53. The molecule has 0 aromatic heterocycles. The third-order valence-electron chi connectivity index (χ3n) is 2.56. The highest BCUT2D eigenvalue weighted by Crippen LogP contribution is 2.29. The molecule has 0 unspecified atom stereocenters. The smallest absolute Gasteiger partial charge is 0.261 e. The van der Waals surface area contributed by atoms with Crippen LogP contribution in [0.2, 0.25) is 0 Å². The number of ether oxygens (including phenoxy) is 1. The Kier molecular flexibility index (Phi) is 4.85. The minimum atomic E-state index is -3.82. The van der Waals surface area contributed by atoms with Gasteiger partial charge in [0.25, 0.3) is 9.05 Å². The van der Waals surface area contributed by atoms with Crippen LogP contribution >= 0.6 is 26.6 Å². The summed E-state index contributed by atoms with van der Waals surface area (Å²) in [5.74, 6) is -1.54. The lowest BCUT2D eigenvalue weighted by atomic mass is 10.2. The van der Waals surface area contributed by atoms with Crippen LogP contribution < -0.4 is 4.74 Å². The van der Waals surface area contributed by atoms with Gasteiger partial charge < -0.3 is 4.74 Å². The highest BCUT2D eigenvalue weighted by Gasteiger charge is 2.13. The molecule has 0 aliphatic rings. The summed E-state index contributed by atoms with van der Waals surface area (Å²) in [7, 11) is 1.40. The number of hydrogen-bond donors (Lipinski definition) is 0. The molecular weight excluding hydrogens is 390 g/mol. The molecule has 0 radical (unpaired) electrons. The first-order valence-corrected chi connectivity index (χ1v) is 8.68. The zero-order chi connectivity index (χ0) is 15.6. The molecule has 112 valence electrons. The van der Waals surface area contributed by atoms with Crippen molar-refractivity contribution in [1.29, 1.82) is 0 Å². The summed E-state index contributed by atoms with van der Waals surface area (Å²) in [5, 5.41) is 0. The monoisotopic (exact) mass is 396 g/mol. The van der Waals surface area contributed by atoms with E-state index in [-0.39, 0.29) is 11.5 Å². The predicted molar refractivity (Wildman–Crippen MR) is 77.9 cm³/mol. The second-order valence-electron chi connectivity index (χ2n) is 4.07. The van der Waals surface area contributed by atoms with Gasteiger partial charge >= 0.3 is 0 Å². The second-order valence-corrected chi connectivity index (χ2v) is 7.49. The summed E-state index contributed by atoms with van der Waals surface area (Å²) >= 11 is 3.16. The van der Waals surface area contributed by atoms with E-state index < -0.39 is 20.7 Å². The van der Waals surface area contributed by atoms with Crippen molar-refractivity contribution in [3.63, 3.8) is 0 Å². The molecule has 0 fully saturated rings. The van der Waals surface area contributed by atoms with Gasteiger partial charge in [0.1, 0.15) is 12.4 Å². The molecule has 0 bridgehead atoms. The third kappa shape index (κ3) is 4.15. The summed E-state index contributed by atoms with van der Waals surface area (Å²) in [5.41, 5.74) is 0.440. The molecule has 2 aromatic rings. The standard InChI is InChI=1S/C13H8BrClF2O3S/c14-10-6-9(21(15,18)19)2-4-13(10)20-7-8-1-3-11(16)12(17)5-8/h1-6H,7H2. The molecule has 0 saturated heterocycles. The summed E-state index contributed by atoms with van der Waals surface area (Å²) in [6.45, 7) is 0.00275. The van der Waals surface area contributed by atoms with E-state index >= 15 is 0 Å². The first-order chi connectivity index (χ1) is 9.77. The lowest BCUT2D eigenvalue weighted by Crippen LogP contribution is -1.99. The molecule has 0 aliphatic carbocycles. The van der Waals surface area contributed by atoms with Gasteiger partial charge in [0.15, 0.2) is 11.6 Å². The fraction of sp³-hybridized carbons (Fsp3) is 0.0769. The van der Waals surface area contributed by atoms with Gasteiger partial charge in [-0.05, 0) is 51.8 Å². The minimum Gasteiger partial charge on any atom is -0.488 e. The Balaban J connectivity index is 2.15. The van der Waals surface area contributed by atoms with E-state index in [9.17, 15) is 17.2 Å². The van der Waals surface area contributed by atoms with Gasteiger partial charge in [-0.2, -0.15) is 0 Å². The van der Waals surface area contributed by atoms with Crippen LogP contribution in [0.5, 0.6) is 5.75 Å². The van der Waals surface area contributed by atoms with Crippen molar-refractivity contribution in [2.24, 2.45) is 0 Å². The van der Waals surface area contributed by atoms with Crippen LogP contribution in [-0.2, 0) is 15.7 Å². The molecule has 0 heterocycles. The van der Waals surface area contributed by atoms with Gasteiger partial charge in [-0.1, -0.05) is 6.07 Å². The zero-order valence-corrected chi connectivity index (χ0v) is 13.5. The van der Waals surface area contributed by atoms with Crippen LogP contribution in [0.4, 0.5) is 8.78 Å². The van der Waals surface area contributed by atoms with Gasteiger partial charge in [0.2, 0.25) is 0 Å². The largest absolute Gasteiger partial charge is 0.488 e. The Morgan fingerprint density at radius 2 is 1.81 bits per heavy atom. The summed E-state index contributed by atoms with van der Waals surface area (Å²) in [4.78, 5) is -0.0729. The van der Waals surface area contributed by atoms with E-state index in [2.05, 4.69) is 15.9 Å².